The minimum atomic E-state index is 1.18. The Kier molecular flexibility index (Phi) is 0.426. The summed E-state index contributed by atoms with van der Waals surface area (Å²) >= 11 is 0. The van der Waals surface area contributed by atoms with Crippen LogP contribution >= 0.6 is 0 Å². The van der Waals surface area contributed by atoms with Gasteiger partial charge >= 0.3 is 0 Å². The van der Waals surface area contributed by atoms with Crippen molar-refractivity contribution in [3.63, 3.8) is 0 Å². The van der Waals surface area contributed by atoms with E-state index in [1.807, 2.05) is 0 Å². The van der Waals surface area contributed by atoms with E-state index in [2.05, 4.69) is 25.3 Å². The van der Waals surface area contributed by atoms with Crippen molar-refractivity contribution < 1.29 is 0 Å². The lowest BCUT2D eigenvalue weighted by Gasteiger charge is -1.73. The van der Waals surface area contributed by atoms with Gasteiger partial charge in [-0.25, -0.2) is 0 Å². The normalized spacial score (nSPS) is 22.5. The second-order valence-electron chi connectivity index (χ2n) is 2.17. The summed E-state index contributed by atoms with van der Waals surface area (Å²) in [5.74, 6) is 0. The summed E-state index contributed by atoms with van der Waals surface area (Å²) in [6.45, 7) is 7.54. The van der Waals surface area contributed by atoms with Gasteiger partial charge in [-0.05, 0) is 34.4 Å². The van der Waals surface area contributed by atoms with Crippen LogP contribution in [0.15, 0.2) is 47.6 Å². The van der Waals surface area contributed by atoms with Crippen molar-refractivity contribution in [1.82, 2.24) is 0 Å². The molecule has 2 aliphatic carbocycles. The Hall–Kier alpha value is -1.04. The maximum Gasteiger partial charge on any atom is -0.0105 e. The van der Waals surface area contributed by atoms with E-state index >= 15 is 0 Å². The van der Waals surface area contributed by atoms with Gasteiger partial charge in [0, 0.05) is 0 Å². The summed E-state index contributed by atoms with van der Waals surface area (Å²) in [7, 11) is 0. The molecule has 0 unspecified atom stereocenters. The van der Waals surface area contributed by atoms with Gasteiger partial charge in [-0.15, -0.1) is 0 Å². The first-order chi connectivity index (χ1) is 3.79. The van der Waals surface area contributed by atoms with Crippen LogP contribution in [0.3, 0.4) is 0 Å². The van der Waals surface area contributed by atoms with Crippen molar-refractivity contribution in [2.75, 3.05) is 0 Å². The molecule has 2 aliphatic rings. The predicted octanol–water partition coefficient (Wildman–Crippen LogP) is 1.98. The number of rotatable bonds is 1. The largest absolute Gasteiger partial charge is 0.0911 e. The zero-order valence-corrected chi connectivity index (χ0v) is 4.57. The molecule has 0 atom stereocenters. The summed E-state index contributed by atoms with van der Waals surface area (Å²) in [4.78, 5) is 0. The molecule has 0 heterocycles. The quantitative estimate of drug-likeness (QED) is 0.475. The van der Waals surface area contributed by atoms with Crippen LogP contribution in [0.5, 0.6) is 0 Å². The van der Waals surface area contributed by atoms with Gasteiger partial charge in [0.05, 0.1) is 0 Å². The van der Waals surface area contributed by atoms with Gasteiger partial charge in [0.2, 0.25) is 0 Å². The highest BCUT2D eigenvalue weighted by Gasteiger charge is 2.26. The third kappa shape index (κ3) is 0.348. The molecule has 38 valence electrons. The first-order valence-corrected chi connectivity index (χ1v) is 2.61. The van der Waals surface area contributed by atoms with E-state index in [1.165, 1.54) is 22.3 Å². The average molecular weight is 102 g/mol. The highest BCUT2D eigenvalue weighted by atomic mass is 14.3. The molecule has 0 saturated carbocycles. The van der Waals surface area contributed by atoms with Crippen LogP contribution in [0.4, 0.5) is 0 Å². The molecule has 0 amide bonds. The van der Waals surface area contributed by atoms with Gasteiger partial charge in [0.15, 0.2) is 0 Å². The van der Waals surface area contributed by atoms with Crippen molar-refractivity contribution in [3.8, 4) is 0 Å². The predicted molar refractivity (Wildman–Crippen MR) is 34.4 cm³/mol. The van der Waals surface area contributed by atoms with E-state index < -0.39 is 0 Å². The van der Waals surface area contributed by atoms with E-state index in [0.717, 1.165) is 0 Å². The smallest absolute Gasteiger partial charge is 0.0105 e. The zero-order valence-electron chi connectivity index (χ0n) is 4.57. The molecule has 0 N–H and O–H groups in total. The molecule has 0 aromatic heterocycles. The summed E-state index contributed by atoms with van der Waals surface area (Å²) in [6, 6.07) is 0. The summed E-state index contributed by atoms with van der Waals surface area (Å²) in [6.07, 6.45) is 4.15. The van der Waals surface area contributed by atoms with Crippen molar-refractivity contribution >= 4 is 0 Å². The highest BCUT2D eigenvalue weighted by molar-refractivity contribution is 5.80. The van der Waals surface area contributed by atoms with Gasteiger partial charge in [-0.1, -0.05) is 13.2 Å². The van der Waals surface area contributed by atoms with Gasteiger partial charge in [-0.3, -0.25) is 0 Å². The van der Waals surface area contributed by atoms with E-state index in [1.54, 1.807) is 0 Å². The zero-order chi connectivity index (χ0) is 5.72. The molecule has 0 heteroatoms. The van der Waals surface area contributed by atoms with Crippen LogP contribution in [-0.4, -0.2) is 0 Å². The molecule has 0 fully saturated rings. The van der Waals surface area contributed by atoms with E-state index in [4.69, 9.17) is 0 Å². The first-order valence-electron chi connectivity index (χ1n) is 2.61. The van der Waals surface area contributed by atoms with Crippen molar-refractivity contribution in [1.29, 1.82) is 0 Å². The second-order valence-corrected chi connectivity index (χ2v) is 2.17. The minimum Gasteiger partial charge on any atom is -0.0911 e. The van der Waals surface area contributed by atoms with Crippen LogP contribution < -0.4 is 0 Å². The van der Waals surface area contributed by atoms with Crippen molar-refractivity contribution in [2.45, 2.75) is 0 Å². The Morgan fingerprint density at radius 3 is 1.25 bits per heavy atom. The fraction of sp³-hybridized carbons (Fsp3) is 0. The Morgan fingerprint density at radius 2 is 1.12 bits per heavy atom. The summed E-state index contributed by atoms with van der Waals surface area (Å²) in [5, 5.41) is 0. The Labute approximate surface area is 48.5 Å². The maximum absolute atomic E-state index is 3.77. The molecule has 0 aromatic rings. The monoisotopic (exact) mass is 102 g/mol. The summed E-state index contributed by atoms with van der Waals surface area (Å²) < 4.78 is 0. The Bertz CT molecular complexity index is 221. The fourth-order valence-electron chi connectivity index (χ4n) is 0.778. The molecule has 0 aromatic carbocycles. The highest BCUT2D eigenvalue weighted by Crippen LogP contribution is 2.44. The third-order valence-corrected chi connectivity index (χ3v) is 1.45. The SMILES string of the molecule is C=C1C=C1C1=CC1=C. The number of allylic oxidation sites excluding steroid dienone is 6. The van der Waals surface area contributed by atoms with Crippen LogP contribution in [0, 0.1) is 0 Å². The molecule has 0 aliphatic heterocycles. The lowest BCUT2D eigenvalue weighted by atomic mass is 10.3. The van der Waals surface area contributed by atoms with Crippen LogP contribution in [-0.2, 0) is 0 Å². The lowest BCUT2D eigenvalue weighted by Crippen LogP contribution is -1.55. The maximum atomic E-state index is 3.77. The Balaban J connectivity index is 2.24. The number of hydrogen-bond donors (Lipinski definition) is 0. The standard InChI is InChI=1S/C8H6/c1-5-3-7(5)8-4-6(8)2/h3-4H,1-2H2. The van der Waals surface area contributed by atoms with Gasteiger partial charge in [0.25, 0.3) is 0 Å². The van der Waals surface area contributed by atoms with Crippen LogP contribution in [0.1, 0.15) is 0 Å². The van der Waals surface area contributed by atoms with Crippen molar-refractivity contribution in [2.24, 2.45) is 0 Å². The minimum absolute atomic E-state index is 1.18. The lowest BCUT2D eigenvalue weighted by molar-refractivity contribution is 1.81. The fourth-order valence-corrected chi connectivity index (χ4v) is 0.778. The molecule has 0 spiro atoms. The van der Waals surface area contributed by atoms with E-state index in [0.29, 0.717) is 0 Å². The van der Waals surface area contributed by atoms with Gasteiger partial charge in [-0.2, -0.15) is 0 Å². The molecular formula is C8H6. The summed E-state index contributed by atoms with van der Waals surface area (Å²) in [5.41, 5.74) is 4.98. The first kappa shape index (κ1) is 3.90. The molecule has 8 heavy (non-hydrogen) atoms. The van der Waals surface area contributed by atoms with E-state index in [-0.39, 0.29) is 0 Å². The average Bonchev–Trinajstić information content (AvgIpc) is 2.47. The molecular weight excluding hydrogens is 96.1 g/mol. The van der Waals surface area contributed by atoms with Gasteiger partial charge in [0.1, 0.15) is 0 Å². The molecule has 2 rings (SSSR count). The van der Waals surface area contributed by atoms with E-state index in [9.17, 15) is 0 Å². The molecule has 0 bridgehead atoms. The molecule has 0 nitrogen and oxygen atoms in total. The molecule has 0 saturated heterocycles. The van der Waals surface area contributed by atoms with Gasteiger partial charge < -0.3 is 0 Å². The molecule has 0 radical (unpaired) electrons. The van der Waals surface area contributed by atoms with Crippen LogP contribution in [0.25, 0.3) is 0 Å². The third-order valence-electron chi connectivity index (χ3n) is 1.45. The van der Waals surface area contributed by atoms with Crippen LogP contribution in [0.2, 0.25) is 0 Å². The number of hydrogen-bond acceptors (Lipinski definition) is 0. The topological polar surface area (TPSA) is 0 Å². The van der Waals surface area contributed by atoms with Crippen molar-refractivity contribution in [3.05, 3.63) is 47.6 Å². The second kappa shape index (κ2) is 0.873. The Morgan fingerprint density at radius 1 is 0.875 bits per heavy atom.